The molecule has 1 aromatic heterocycles. The number of aromatic amines is 2. The average Bonchev–Trinajstić information content (AvgIpc) is 2.00. The van der Waals surface area contributed by atoms with Gasteiger partial charge in [0.2, 0.25) is 0 Å². The van der Waals surface area contributed by atoms with Gasteiger partial charge in [0.15, 0.2) is 0 Å². The molecule has 0 aliphatic rings. The van der Waals surface area contributed by atoms with Crippen molar-refractivity contribution >= 4 is 0 Å². The first kappa shape index (κ1) is 8.73. The lowest BCUT2D eigenvalue weighted by Crippen LogP contribution is -2.28. The van der Waals surface area contributed by atoms with Gasteiger partial charge in [-0.25, -0.2) is 4.79 Å². The maximum Gasteiger partial charge on any atom is 0.325 e. The molecule has 0 aliphatic carbocycles. The molecule has 0 saturated heterocycles. The van der Waals surface area contributed by atoms with Crippen LogP contribution in [0.15, 0.2) is 9.59 Å². The summed E-state index contributed by atoms with van der Waals surface area (Å²) in [7, 11) is 1.75. The Bertz CT molecular complexity index is 377. The Balaban J connectivity index is 3.28. The normalized spacial score (nSPS) is 10.2. The molecule has 0 aliphatic heterocycles. The molecule has 0 unspecified atom stereocenters. The monoisotopic (exact) mass is 169 g/mol. The van der Waals surface area contributed by atoms with Crippen LogP contribution in [0, 0.1) is 6.92 Å². The van der Waals surface area contributed by atoms with Crippen LogP contribution in [0.5, 0.6) is 0 Å². The largest absolute Gasteiger partial charge is 0.325 e. The van der Waals surface area contributed by atoms with E-state index in [2.05, 4.69) is 15.3 Å². The second-order valence-electron chi connectivity index (χ2n) is 2.54. The number of nitrogens with one attached hydrogen (secondary N) is 3. The van der Waals surface area contributed by atoms with Crippen LogP contribution in [0.25, 0.3) is 0 Å². The first-order chi connectivity index (χ1) is 5.65. The van der Waals surface area contributed by atoms with E-state index in [1.807, 2.05) is 0 Å². The lowest BCUT2D eigenvalue weighted by Gasteiger charge is -2.01. The van der Waals surface area contributed by atoms with Gasteiger partial charge in [0.25, 0.3) is 5.56 Å². The number of rotatable bonds is 2. The summed E-state index contributed by atoms with van der Waals surface area (Å²) in [4.78, 5) is 26.5. The predicted octanol–water partition coefficient (Wildman–Crippen LogP) is -0.909. The van der Waals surface area contributed by atoms with E-state index in [0.717, 1.165) is 0 Å². The molecular formula is C7H11N3O2. The van der Waals surface area contributed by atoms with E-state index in [1.54, 1.807) is 14.0 Å². The van der Waals surface area contributed by atoms with Crippen molar-refractivity contribution in [2.75, 3.05) is 7.05 Å². The minimum Gasteiger partial charge on any atom is -0.314 e. The SMILES string of the molecule is CNCc1[nH]c(=O)[nH]c(=O)c1C. The summed E-state index contributed by atoms with van der Waals surface area (Å²) in [6.45, 7) is 2.16. The lowest BCUT2D eigenvalue weighted by molar-refractivity contribution is 0.764. The lowest BCUT2D eigenvalue weighted by atomic mass is 10.2. The van der Waals surface area contributed by atoms with Gasteiger partial charge in [-0.3, -0.25) is 9.78 Å². The molecule has 0 spiro atoms. The van der Waals surface area contributed by atoms with Crippen molar-refractivity contribution in [3.63, 3.8) is 0 Å². The summed E-state index contributed by atoms with van der Waals surface area (Å²) in [5.74, 6) is 0. The molecule has 0 fully saturated rings. The highest BCUT2D eigenvalue weighted by Crippen LogP contribution is 1.92. The van der Waals surface area contributed by atoms with Crippen LogP contribution in [-0.4, -0.2) is 17.0 Å². The number of hydrogen-bond acceptors (Lipinski definition) is 3. The third-order valence-electron chi connectivity index (χ3n) is 1.64. The molecule has 12 heavy (non-hydrogen) atoms. The minimum atomic E-state index is -0.462. The zero-order valence-corrected chi connectivity index (χ0v) is 7.02. The van der Waals surface area contributed by atoms with E-state index in [9.17, 15) is 9.59 Å². The Morgan fingerprint density at radius 3 is 2.58 bits per heavy atom. The summed E-state index contributed by atoms with van der Waals surface area (Å²) in [5.41, 5.74) is 0.384. The molecule has 1 rings (SSSR count). The Morgan fingerprint density at radius 1 is 1.33 bits per heavy atom. The van der Waals surface area contributed by atoms with Crippen molar-refractivity contribution in [3.8, 4) is 0 Å². The molecule has 5 heteroatoms. The van der Waals surface area contributed by atoms with Crippen molar-refractivity contribution in [3.05, 3.63) is 32.1 Å². The van der Waals surface area contributed by atoms with Crippen molar-refractivity contribution in [2.24, 2.45) is 0 Å². The third-order valence-corrected chi connectivity index (χ3v) is 1.64. The Kier molecular flexibility index (Phi) is 2.44. The van der Waals surface area contributed by atoms with Crippen LogP contribution < -0.4 is 16.6 Å². The van der Waals surface area contributed by atoms with E-state index in [0.29, 0.717) is 17.8 Å². The highest BCUT2D eigenvalue weighted by atomic mass is 16.2. The molecule has 5 nitrogen and oxygen atoms in total. The van der Waals surface area contributed by atoms with E-state index >= 15 is 0 Å². The second kappa shape index (κ2) is 3.36. The van der Waals surface area contributed by atoms with Crippen molar-refractivity contribution in [1.82, 2.24) is 15.3 Å². The molecule has 0 saturated carbocycles. The van der Waals surface area contributed by atoms with Gasteiger partial charge < -0.3 is 10.3 Å². The average molecular weight is 169 g/mol. The fourth-order valence-electron chi connectivity index (χ4n) is 0.950. The van der Waals surface area contributed by atoms with Crippen molar-refractivity contribution < 1.29 is 0 Å². The van der Waals surface area contributed by atoms with Crippen LogP contribution in [0.1, 0.15) is 11.3 Å². The quantitative estimate of drug-likeness (QED) is 0.536. The summed E-state index contributed by atoms with van der Waals surface area (Å²) in [6, 6.07) is 0. The maximum absolute atomic E-state index is 11.0. The van der Waals surface area contributed by atoms with Crippen LogP contribution in [0.3, 0.4) is 0 Å². The third kappa shape index (κ3) is 1.62. The molecule has 0 radical (unpaired) electrons. The van der Waals surface area contributed by atoms with Gasteiger partial charge in [-0.05, 0) is 14.0 Å². The van der Waals surface area contributed by atoms with Gasteiger partial charge in [0.05, 0.1) is 0 Å². The zero-order valence-electron chi connectivity index (χ0n) is 7.02. The maximum atomic E-state index is 11.0. The number of hydrogen-bond donors (Lipinski definition) is 3. The van der Waals surface area contributed by atoms with E-state index in [4.69, 9.17) is 0 Å². The summed E-state index contributed by atoms with van der Waals surface area (Å²) < 4.78 is 0. The molecule has 1 heterocycles. The van der Waals surface area contributed by atoms with Gasteiger partial charge in [-0.2, -0.15) is 0 Å². The van der Waals surface area contributed by atoms with Crippen molar-refractivity contribution in [1.29, 1.82) is 0 Å². The Hall–Kier alpha value is -1.36. The predicted molar refractivity (Wildman–Crippen MR) is 45.2 cm³/mol. The van der Waals surface area contributed by atoms with E-state index in [1.165, 1.54) is 0 Å². The summed E-state index contributed by atoms with van der Waals surface area (Å²) >= 11 is 0. The summed E-state index contributed by atoms with van der Waals surface area (Å²) in [6.07, 6.45) is 0. The first-order valence-electron chi connectivity index (χ1n) is 3.62. The van der Waals surface area contributed by atoms with Gasteiger partial charge in [0.1, 0.15) is 0 Å². The molecule has 66 valence electrons. The topological polar surface area (TPSA) is 77.8 Å². The molecular weight excluding hydrogens is 158 g/mol. The van der Waals surface area contributed by atoms with Crippen molar-refractivity contribution in [2.45, 2.75) is 13.5 Å². The highest BCUT2D eigenvalue weighted by molar-refractivity contribution is 5.13. The fraction of sp³-hybridized carbons (Fsp3) is 0.429. The van der Waals surface area contributed by atoms with Gasteiger partial charge in [-0.15, -0.1) is 0 Å². The zero-order chi connectivity index (χ0) is 9.14. The Labute approximate surface area is 68.8 Å². The molecule has 0 bridgehead atoms. The number of aromatic nitrogens is 2. The molecule has 0 atom stereocenters. The number of H-pyrrole nitrogens is 2. The van der Waals surface area contributed by atoms with Crippen LogP contribution >= 0.6 is 0 Å². The molecule has 0 amide bonds. The molecule has 0 aromatic carbocycles. The molecule has 3 N–H and O–H groups in total. The standard InChI is InChI=1S/C7H11N3O2/c1-4-5(3-8-2)9-7(12)10-6(4)11/h8H,3H2,1-2H3,(H2,9,10,11,12). The highest BCUT2D eigenvalue weighted by Gasteiger charge is 2.01. The fourth-order valence-corrected chi connectivity index (χ4v) is 0.950. The first-order valence-corrected chi connectivity index (χ1v) is 3.62. The van der Waals surface area contributed by atoms with Gasteiger partial charge in [-0.1, -0.05) is 0 Å². The van der Waals surface area contributed by atoms with Gasteiger partial charge in [0, 0.05) is 17.8 Å². The van der Waals surface area contributed by atoms with E-state index in [-0.39, 0.29) is 5.56 Å². The Morgan fingerprint density at radius 2 is 2.00 bits per heavy atom. The van der Waals surface area contributed by atoms with Crippen LogP contribution in [-0.2, 0) is 6.54 Å². The summed E-state index contributed by atoms with van der Waals surface area (Å²) in [5, 5.41) is 2.86. The minimum absolute atomic E-state index is 0.330. The van der Waals surface area contributed by atoms with Crippen LogP contribution in [0.2, 0.25) is 0 Å². The molecule has 1 aromatic rings. The van der Waals surface area contributed by atoms with Gasteiger partial charge >= 0.3 is 5.69 Å². The van der Waals surface area contributed by atoms with Crippen LogP contribution in [0.4, 0.5) is 0 Å². The smallest absolute Gasteiger partial charge is 0.314 e. The van der Waals surface area contributed by atoms with E-state index < -0.39 is 5.69 Å². The second-order valence-corrected chi connectivity index (χ2v) is 2.54.